The Morgan fingerprint density at radius 2 is 1.45 bits per heavy atom. The van der Waals surface area contributed by atoms with Gasteiger partial charge in [0, 0.05) is 10.9 Å². The van der Waals surface area contributed by atoms with Gasteiger partial charge >= 0.3 is 0 Å². The van der Waals surface area contributed by atoms with Crippen LogP contribution in [0.5, 0.6) is 5.75 Å². The van der Waals surface area contributed by atoms with Gasteiger partial charge in [-0.25, -0.2) is 0 Å². The van der Waals surface area contributed by atoms with Crippen molar-refractivity contribution in [2.45, 2.75) is 6.42 Å². The topological polar surface area (TPSA) is 79.5 Å². The number of hydrogen-bond donors (Lipinski definition) is 3. The molecule has 8 heteroatoms. The molecule has 3 rings (SSSR count). The van der Waals surface area contributed by atoms with Crippen LogP contribution in [0.4, 0.5) is 0 Å². The molecule has 2 amide bonds. The number of carbonyl (C=O) groups is 2. The van der Waals surface area contributed by atoms with Crippen LogP contribution in [0.1, 0.15) is 26.3 Å². The molecular weight excluding hydrogens is 478 g/mol. The molecule has 0 aliphatic carbocycles. The first-order chi connectivity index (χ1) is 15.0. The highest BCUT2D eigenvalue weighted by Crippen LogP contribution is 2.18. The Balaban J connectivity index is 1.53. The molecule has 3 aromatic rings. The second kappa shape index (κ2) is 11.2. The van der Waals surface area contributed by atoms with Gasteiger partial charge in [-0.3, -0.25) is 25.8 Å². The molecule has 0 bridgehead atoms. The number of amides is 2. The van der Waals surface area contributed by atoms with E-state index in [-0.39, 0.29) is 5.11 Å². The fraction of sp³-hybridized carbons (Fsp3) is 0.0870. The maximum absolute atomic E-state index is 12.6. The number of hydrogen-bond acceptors (Lipinski definition) is 4. The van der Waals surface area contributed by atoms with E-state index in [1.807, 2.05) is 30.3 Å². The van der Waals surface area contributed by atoms with E-state index in [0.29, 0.717) is 28.0 Å². The minimum absolute atomic E-state index is 0.0375. The third kappa shape index (κ3) is 6.63. The van der Waals surface area contributed by atoms with Crippen LogP contribution in [-0.2, 0) is 6.42 Å². The maximum Gasteiger partial charge on any atom is 0.270 e. The van der Waals surface area contributed by atoms with Gasteiger partial charge in [0.2, 0.25) is 0 Å². The first kappa shape index (κ1) is 22.5. The van der Waals surface area contributed by atoms with Crippen molar-refractivity contribution in [3.8, 4) is 5.75 Å². The minimum Gasteiger partial charge on any atom is -0.492 e. The molecule has 6 nitrogen and oxygen atoms in total. The van der Waals surface area contributed by atoms with Crippen LogP contribution in [0.15, 0.2) is 83.3 Å². The summed E-state index contributed by atoms with van der Waals surface area (Å²) in [6.45, 7) is 0.430. The summed E-state index contributed by atoms with van der Waals surface area (Å²) in [7, 11) is 0. The van der Waals surface area contributed by atoms with E-state index in [2.05, 4.69) is 32.1 Å². The monoisotopic (exact) mass is 497 g/mol. The van der Waals surface area contributed by atoms with E-state index in [0.717, 1.165) is 12.0 Å². The maximum atomic E-state index is 12.6. The van der Waals surface area contributed by atoms with Crippen molar-refractivity contribution >= 4 is 45.1 Å². The predicted octanol–water partition coefficient (Wildman–Crippen LogP) is 4.02. The molecule has 0 aliphatic heterocycles. The van der Waals surface area contributed by atoms with Crippen LogP contribution >= 0.6 is 28.1 Å². The quantitative estimate of drug-likeness (QED) is 0.354. The summed E-state index contributed by atoms with van der Waals surface area (Å²) in [5.74, 6) is -0.382. The Kier molecular flexibility index (Phi) is 8.14. The van der Waals surface area contributed by atoms with E-state index in [4.69, 9.17) is 17.0 Å². The number of thiocarbonyl (C=S) groups is 1. The van der Waals surface area contributed by atoms with Crippen LogP contribution in [-0.4, -0.2) is 23.5 Å². The smallest absolute Gasteiger partial charge is 0.270 e. The Labute approximate surface area is 194 Å². The summed E-state index contributed by atoms with van der Waals surface area (Å²) in [5, 5.41) is 2.50. The van der Waals surface area contributed by atoms with Crippen molar-refractivity contribution in [3.05, 3.63) is 100 Å². The zero-order chi connectivity index (χ0) is 22.1. The molecule has 31 heavy (non-hydrogen) atoms. The predicted molar refractivity (Wildman–Crippen MR) is 127 cm³/mol. The number of para-hydroxylation sites is 1. The van der Waals surface area contributed by atoms with Crippen molar-refractivity contribution in [2.75, 3.05) is 6.61 Å². The number of hydrazine groups is 1. The van der Waals surface area contributed by atoms with Crippen molar-refractivity contribution in [3.63, 3.8) is 0 Å². The summed E-state index contributed by atoms with van der Waals surface area (Å²) in [6, 6.07) is 23.8. The van der Waals surface area contributed by atoms with Crippen molar-refractivity contribution in [1.82, 2.24) is 16.2 Å². The third-order valence-corrected chi connectivity index (χ3v) is 5.15. The normalized spacial score (nSPS) is 10.1. The first-order valence-electron chi connectivity index (χ1n) is 9.46. The molecule has 0 unspecified atom stereocenters. The van der Waals surface area contributed by atoms with Crippen LogP contribution in [0.3, 0.4) is 0 Å². The molecule has 0 aliphatic rings. The van der Waals surface area contributed by atoms with E-state index in [1.54, 1.807) is 48.5 Å². The number of benzene rings is 3. The van der Waals surface area contributed by atoms with Gasteiger partial charge < -0.3 is 4.74 Å². The fourth-order valence-corrected chi connectivity index (χ4v) is 3.34. The Bertz CT molecular complexity index is 1080. The van der Waals surface area contributed by atoms with Gasteiger partial charge in [-0.2, -0.15) is 0 Å². The van der Waals surface area contributed by atoms with Gasteiger partial charge in [0.15, 0.2) is 5.11 Å². The summed E-state index contributed by atoms with van der Waals surface area (Å²) in [5.41, 5.74) is 6.91. The van der Waals surface area contributed by atoms with E-state index in [1.165, 1.54) is 0 Å². The lowest BCUT2D eigenvalue weighted by Crippen LogP contribution is -2.48. The van der Waals surface area contributed by atoms with Crippen LogP contribution in [0.2, 0.25) is 0 Å². The molecule has 0 saturated carbocycles. The summed E-state index contributed by atoms with van der Waals surface area (Å²) in [6.07, 6.45) is 0.720. The second-order valence-corrected chi connectivity index (χ2v) is 7.69. The molecule has 0 spiro atoms. The van der Waals surface area contributed by atoms with Gasteiger partial charge in [0.25, 0.3) is 11.8 Å². The van der Waals surface area contributed by atoms with Crippen molar-refractivity contribution < 1.29 is 14.3 Å². The van der Waals surface area contributed by atoms with E-state index >= 15 is 0 Å². The Morgan fingerprint density at radius 1 is 0.806 bits per heavy atom. The molecule has 0 saturated heterocycles. The van der Waals surface area contributed by atoms with E-state index < -0.39 is 11.8 Å². The van der Waals surface area contributed by atoms with Crippen LogP contribution in [0.25, 0.3) is 0 Å². The van der Waals surface area contributed by atoms with Crippen LogP contribution in [0, 0.1) is 0 Å². The van der Waals surface area contributed by atoms with E-state index in [9.17, 15) is 9.59 Å². The van der Waals surface area contributed by atoms with Gasteiger partial charge in [-0.05, 0) is 58.0 Å². The van der Waals surface area contributed by atoms with Crippen molar-refractivity contribution in [2.24, 2.45) is 0 Å². The molecular formula is C23H20BrN3O3S. The number of ether oxygens (including phenoxy) is 1. The zero-order valence-corrected chi connectivity index (χ0v) is 18.8. The highest BCUT2D eigenvalue weighted by Gasteiger charge is 2.15. The molecule has 158 valence electrons. The fourth-order valence-electron chi connectivity index (χ4n) is 2.73. The number of rotatable bonds is 6. The largest absolute Gasteiger partial charge is 0.492 e. The highest BCUT2D eigenvalue weighted by atomic mass is 79.9. The molecule has 0 heterocycles. The molecule has 3 aromatic carbocycles. The average molecular weight is 498 g/mol. The standard InChI is InChI=1S/C23H20BrN3O3S/c24-19-12-6-4-10-17(19)22(29)26-27-23(31)25-21(28)18-11-5-7-13-20(18)30-15-14-16-8-2-1-3-9-16/h1-13H,14-15H2,(H,26,29)(H2,25,27,28,31). The molecule has 3 N–H and O–H groups in total. The average Bonchev–Trinajstić information content (AvgIpc) is 2.79. The second-order valence-electron chi connectivity index (χ2n) is 6.42. The first-order valence-corrected chi connectivity index (χ1v) is 10.7. The summed E-state index contributed by atoms with van der Waals surface area (Å²) < 4.78 is 6.46. The summed E-state index contributed by atoms with van der Waals surface area (Å²) in [4.78, 5) is 24.9. The minimum atomic E-state index is -0.442. The molecule has 0 fully saturated rings. The van der Waals surface area contributed by atoms with Gasteiger partial charge in [0.05, 0.1) is 17.7 Å². The zero-order valence-electron chi connectivity index (χ0n) is 16.4. The lowest BCUT2D eigenvalue weighted by atomic mass is 10.1. The number of carbonyl (C=O) groups excluding carboxylic acids is 2. The van der Waals surface area contributed by atoms with Crippen LogP contribution < -0.4 is 20.9 Å². The molecule has 0 atom stereocenters. The van der Waals surface area contributed by atoms with Gasteiger partial charge in [-0.15, -0.1) is 0 Å². The SMILES string of the molecule is O=C(NNC(=S)NC(=O)c1ccccc1OCCc1ccccc1)c1ccccc1Br. The molecule has 0 aromatic heterocycles. The van der Waals surface area contributed by atoms with Gasteiger partial charge in [-0.1, -0.05) is 54.6 Å². The lowest BCUT2D eigenvalue weighted by molar-refractivity contribution is 0.0933. The Hall–Kier alpha value is -3.23. The number of nitrogens with one attached hydrogen (secondary N) is 3. The molecule has 0 radical (unpaired) electrons. The van der Waals surface area contributed by atoms with Crippen molar-refractivity contribution in [1.29, 1.82) is 0 Å². The third-order valence-electron chi connectivity index (χ3n) is 4.26. The van der Waals surface area contributed by atoms with Gasteiger partial charge in [0.1, 0.15) is 5.75 Å². The highest BCUT2D eigenvalue weighted by molar-refractivity contribution is 9.10. The lowest BCUT2D eigenvalue weighted by Gasteiger charge is -2.14. The number of halogens is 1. The summed E-state index contributed by atoms with van der Waals surface area (Å²) >= 11 is 8.43. The Morgan fingerprint density at radius 3 is 2.19 bits per heavy atom.